The molecule has 0 aliphatic carbocycles. The zero-order chi connectivity index (χ0) is 25.2. The molecular formula is C22H23Cl3O8S2. The minimum Gasteiger partial charge on any atom is -0.387 e. The van der Waals surface area contributed by atoms with Gasteiger partial charge in [-0.05, 0) is 19.1 Å². The normalized spacial score (nSPS) is 29.5. The zero-order valence-electron chi connectivity index (χ0n) is 18.3. The molecule has 6 atom stereocenters. The first kappa shape index (κ1) is 27.4. The molecule has 1 N–H and O–H groups in total. The highest BCUT2D eigenvalue weighted by Gasteiger charge is 2.52. The summed E-state index contributed by atoms with van der Waals surface area (Å²) in [6.45, 7) is 1.26. The number of halogens is 3. The summed E-state index contributed by atoms with van der Waals surface area (Å²) in [4.78, 5) is 0.812. The van der Waals surface area contributed by atoms with E-state index in [1.807, 2.05) is 49.4 Å². The number of alkyl halides is 3. The van der Waals surface area contributed by atoms with Crippen molar-refractivity contribution in [3.05, 3.63) is 65.7 Å². The van der Waals surface area contributed by atoms with Gasteiger partial charge >= 0.3 is 10.4 Å². The second-order valence-electron chi connectivity index (χ2n) is 7.99. The number of rotatable bonds is 7. The number of thioether (sulfide) groups is 1. The molecule has 2 aromatic rings. The molecule has 4 rings (SSSR count). The Bertz CT molecular complexity index is 1080. The lowest BCUT2D eigenvalue weighted by atomic mass is 9.99. The first-order valence-electron chi connectivity index (χ1n) is 10.5. The number of ether oxygens (including phenoxy) is 3. The van der Waals surface area contributed by atoms with Crippen LogP contribution in [0.4, 0.5) is 0 Å². The van der Waals surface area contributed by atoms with Gasteiger partial charge in [-0.3, -0.25) is 0 Å². The Balaban J connectivity index is 1.57. The number of fused-ring (bicyclic) bond motifs is 1. The summed E-state index contributed by atoms with van der Waals surface area (Å²) in [5.74, 6) is 0. The molecule has 0 aromatic heterocycles. The third-order valence-electron chi connectivity index (χ3n) is 5.25. The monoisotopic (exact) mass is 584 g/mol. The summed E-state index contributed by atoms with van der Waals surface area (Å²) >= 11 is 18.0. The standard InChI is InChI=1S/C22H23Cl3O8S2/c1-13-7-9-15(10-8-13)34-21-17(26)19(33-35(27,28)30-12-22(23,24)25)18-16(31-21)11-29-20(32-18)14-5-3-2-4-6-14/h2-10,16-21,26H,11-12H2,1H3/t16-,17-,18+,19-,20-,21+/m1/s1. The van der Waals surface area contributed by atoms with Gasteiger partial charge in [0.25, 0.3) is 0 Å². The summed E-state index contributed by atoms with van der Waals surface area (Å²) in [7, 11) is -4.68. The van der Waals surface area contributed by atoms with Crippen LogP contribution in [0.1, 0.15) is 17.4 Å². The van der Waals surface area contributed by atoms with E-state index in [1.54, 1.807) is 12.1 Å². The Hall–Kier alpha value is -0.630. The van der Waals surface area contributed by atoms with Crippen molar-refractivity contribution < 1.29 is 36.1 Å². The lowest BCUT2D eigenvalue weighted by Crippen LogP contribution is -2.62. The van der Waals surface area contributed by atoms with Crippen LogP contribution in [0.2, 0.25) is 0 Å². The van der Waals surface area contributed by atoms with Crippen LogP contribution in [0, 0.1) is 6.92 Å². The topological polar surface area (TPSA) is 101 Å². The maximum absolute atomic E-state index is 12.6. The lowest BCUT2D eigenvalue weighted by molar-refractivity contribution is -0.315. The number of benzene rings is 2. The lowest BCUT2D eigenvalue weighted by Gasteiger charge is -2.47. The van der Waals surface area contributed by atoms with Crippen molar-refractivity contribution in [2.24, 2.45) is 0 Å². The Morgan fingerprint density at radius 3 is 2.43 bits per heavy atom. The van der Waals surface area contributed by atoms with E-state index in [0.29, 0.717) is 5.56 Å². The summed E-state index contributed by atoms with van der Waals surface area (Å²) in [6.07, 6.45) is -5.33. The molecule has 0 amide bonds. The van der Waals surface area contributed by atoms with Gasteiger partial charge in [0, 0.05) is 10.5 Å². The third kappa shape index (κ3) is 7.45. The first-order chi connectivity index (χ1) is 16.5. The van der Waals surface area contributed by atoms with Gasteiger partial charge in [-0.1, -0.05) is 94.6 Å². The highest BCUT2D eigenvalue weighted by molar-refractivity contribution is 7.99. The first-order valence-corrected chi connectivity index (χ1v) is 13.9. The van der Waals surface area contributed by atoms with Crippen molar-refractivity contribution in [3.63, 3.8) is 0 Å². The molecule has 0 bridgehead atoms. The van der Waals surface area contributed by atoms with Crippen molar-refractivity contribution in [1.29, 1.82) is 0 Å². The minimum atomic E-state index is -4.68. The fourth-order valence-electron chi connectivity index (χ4n) is 3.60. The van der Waals surface area contributed by atoms with Crippen molar-refractivity contribution in [2.75, 3.05) is 13.2 Å². The fourth-order valence-corrected chi connectivity index (χ4v) is 5.89. The predicted molar refractivity (Wildman–Crippen MR) is 132 cm³/mol. The molecule has 2 heterocycles. The molecule has 192 valence electrons. The molecule has 2 aliphatic heterocycles. The van der Waals surface area contributed by atoms with E-state index in [-0.39, 0.29) is 6.61 Å². The van der Waals surface area contributed by atoms with Gasteiger partial charge < -0.3 is 19.3 Å². The number of hydrogen-bond donors (Lipinski definition) is 1. The Morgan fingerprint density at radius 1 is 1.09 bits per heavy atom. The van der Waals surface area contributed by atoms with Crippen molar-refractivity contribution in [2.45, 2.75) is 51.8 Å². The largest absolute Gasteiger partial charge is 0.400 e. The van der Waals surface area contributed by atoms with Gasteiger partial charge in [-0.25, -0.2) is 8.37 Å². The molecule has 0 radical (unpaired) electrons. The maximum Gasteiger partial charge on any atom is 0.400 e. The van der Waals surface area contributed by atoms with Crippen LogP contribution >= 0.6 is 46.6 Å². The van der Waals surface area contributed by atoms with Gasteiger partial charge in [0.1, 0.15) is 36.5 Å². The van der Waals surface area contributed by atoms with Crippen LogP contribution in [-0.2, 0) is 33.0 Å². The van der Waals surface area contributed by atoms with Gasteiger partial charge in [-0.15, -0.1) is 0 Å². The zero-order valence-corrected chi connectivity index (χ0v) is 22.2. The van der Waals surface area contributed by atoms with Crippen LogP contribution in [-0.4, -0.2) is 60.4 Å². The smallest absolute Gasteiger partial charge is 0.387 e. The molecule has 2 aromatic carbocycles. The molecule has 2 fully saturated rings. The van der Waals surface area contributed by atoms with E-state index in [4.69, 9.17) is 57.4 Å². The van der Waals surface area contributed by atoms with Crippen molar-refractivity contribution in [1.82, 2.24) is 0 Å². The van der Waals surface area contributed by atoms with Gasteiger partial charge in [0.2, 0.25) is 3.79 Å². The average molecular weight is 586 g/mol. The Kier molecular flexibility index (Phi) is 8.93. The van der Waals surface area contributed by atoms with Crippen LogP contribution in [0.3, 0.4) is 0 Å². The summed E-state index contributed by atoms with van der Waals surface area (Å²) < 4.78 is 51.0. The van der Waals surface area contributed by atoms with E-state index in [0.717, 1.165) is 10.5 Å². The van der Waals surface area contributed by atoms with Crippen LogP contribution in [0.5, 0.6) is 0 Å². The van der Waals surface area contributed by atoms with E-state index >= 15 is 0 Å². The van der Waals surface area contributed by atoms with E-state index < -0.39 is 56.9 Å². The third-order valence-corrected chi connectivity index (χ3v) is 7.61. The number of aliphatic hydroxyl groups is 1. The van der Waals surface area contributed by atoms with Gasteiger partial charge in [0.05, 0.1) is 6.61 Å². The van der Waals surface area contributed by atoms with Crippen LogP contribution in [0.25, 0.3) is 0 Å². The van der Waals surface area contributed by atoms with Crippen molar-refractivity contribution >= 4 is 57.0 Å². The maximum atomic E-state index is 12.6. The van der Waals surface area contributed by atoms with Crippen LogP contribution < -0.4 is 0 Å². The van der Waals surface area contributed by atoms with E-state index in [1.165, 1.54) is 11.8 Å². The van der Waals surface area contributed by atoms with Gasteiger partial charge in [-0.2, -0.15) is 8.42 Å². The molecular weight excluding hydrogens is 563 g/mol. The van der Waals surface area contributed by atoms with E-state index in [2.05, 4.69) is 0 Å². The minimum absolute atomic E-state index is 0.0802. The molecule has 13 heteroatoms. The molecule has 0 unspecified atom stereocenters. The van der Waals surface area contributed by atoms with Crippen molar-refractivity contribution in [3.8, 4) is 0 Å². The molecule has 8 nitrogen and oxygen atoms in total. The Labute approximate surface area is 223 Å². The summed E-state index contributed by atoms with van der Waals surface area (Å²) in [6, 6.07) is 16.7. The predicted octanol–water partition coefficient (Wildman–Crippen LogP) is 4.30. The highest BCUT2D eigenvalue weighted by atomic mass is 35.6. The van der Waals surface area contributed by atoms with Gasteiger partial charge in [0.15, 0.2) is 6.29 Å². The molecule has 2 aliphatic rings. The fraction of sp³-hybridized carbons (Fsp3) is 0.455. The number of aliphatic hydroxyl groups excluding tert-OH is 1. The second-order valence-corrected chi connectivity index (χ2v) is 12.9. The number of aryl methyl sites for hydroxylation is 1. The SMILES string of the molecule is Cc1ccc(S[C@@H]2O[C@@H]3CO[C@@H](c4ccccc4)O[C@@H]3[C@H](OS(=O)(=O)OCC(Cl)(Cl)Cl)[C@H]2O)cc1. The molecule has 35 heavy (non-hydrogen) atoms. The number of hydrogen-bond acceptors (Lipinski definition) is 9. The highest BCUT2D eigenvalue weighted by Crippen LogP contribution is 2.40. The van der Waals surface area contributed by atoms with E-state index in [9.17, 15) is 13.5 Å². The quantitative estimate of drug-likeness (QED) is 0.477. The average Bonchev–Trinajstić information content (AvgIpc) is 2.82. The second kappa shape index (κ2) is 11.4. The molecule has 0 spiro atoms. The summed E-state index contributed by atoms with van der Waals surface area (Å²) in [5, 5.41) is 11.1. The Morgan fingerprint density at radius 2 is 1.77 bits per heavy atom. The molecule has 0 saturated carbocycles. The summed E-state index contributed by atoms with van der Waals surface area (Å²) in [5.41, 5.74) is 0.900. The molecule has 2 saturated heterocycles. The van der Waals surface area contributed by atoms with Crippen LogP contribution in [0.15, 0.2) is 59.5 Å².